The van der Waals surface area contributed by atoms with Crippen molar-refractivity contribution in [2.24, 2.45) is 0 Å². The molecule has 0 aliphatic carbocycles. The lowest BCUT2D eigenvalue weighted by molar-refractivity contribution is 0.648. The predicted octanol–water partition coefficient (Wildman–Crippen LogP) is 2.71. The van der Waals surface area contributed by atoms with Crippen molar-refractivity contribution in [3.05, 3.63) is 79.5 Å². The van der Waals surface area contributed by atoms with Gasteiger partial charge in [-0.05, 0) is 67.6 Å². The Morgan fingerprint density at radius 3 is 2.52 bits per heavy atom. The van der Waals surface area contributed by atoms with Crippen LogP contribution in [0.25, 0.3) is 22.6 Å². The van der Waals surface area contributed by atoms with Gasteiger partial charge in [0.05, 0.1) is 22.7 Å². The third-order valence-electron chi connectivity index (χ3n) is 5.15. The average Bonchev–Trinajstić information content (AvgIpc) is 2.70. The molecule has 2 heterocycles. The fourth-order valence-electron chi connectivity index (χ4n) is 3.46. The number of nitrogens with zero attached hydrogens (tertiary/aromatic N) is 4. The molecule has 144 valence electrons. The summed E-state index contributed by atoms with van der Waals surface area (Å²) in [7, 11) is 0. The number of nitriles is 1. The fourth-order valence-corrected chi connectivity index (χ4v) is 3.46. The van der Waals surface area contributed by atoms with Crippen LogP contribution in [0.3, 0.4) is 0 Å². The molecular weight excluding hydrogens is 366 g/mol. The van der Waals surface area contributed by atoms with E-state index in [0.717, 1.165) is 35.0 Å². The second-order valence-corrected chi connectivity index (χ2v) is 7.14. The van der Waals surface area contributed by atoms with Gasteiger partial charge in [0, 0.05) is 6.54 Å². The number of aromatic nitrogens is 4. The summed E-state index contributed by atoms with van der Waals surface area (Å²) in [5, 5.41) is 8.92. The van der Waals surface area contributed by atoms with Gasteiger partial charge >= 0.3 is 5.69 Å². The van der Waals surface area contributed by atoms with Crippen LogP contribution in [0.1, 0.15) is 28.7 Å². The minimum absolute atomic E-state index is 0.165. The van der Waals surface area contributed by atoms with Gasteiger partial charge in [-0.15, -0.1) is 0 Å². The van der Waals surface area contributed by atoms with Crippen molar-refractivity contribution < 1.29 is 0 Å². The molecule has 2 aliphatic rings. The van der Waals surface area contributed by atoms with Crippen LogP contribution in [0.15, 0.2) is 46.0 Å². The molecule has 29 heavy (non-hydrogen) atoms. The molecule has 0 spiro atoms. The van der Waals surface area contributed by atoms with Gasteiger partial charge in [-0.1, -0.05) is 12.1 Å². The monoisotopic (exact) mass is 385 g/mol. The van der Waals surface area contributed by atoms with E-state index in [1.54, 1.807) is 12.1 Å². The lowest BCUT2D eigenvalue weighted by Crippen LogP contribution is -2.29. The van der Waals surface area contributed by atoms with E-state index in [-0.39, 0.29) is 5.69 Å². The number of benzene rings is 2. The van der Waals surface area contributed by atoms with Crippen LogP contribution >= 0.6 is 0 Å². The van der Waals surface area contributed by atoms with Crippen molar-refractivity contribution in [2.75, 3.05) is 0 Å². The molecular formula is C22H19N5O2. The van der Waals surface area contributed by atoms with Gasteiger partial charge < -0.3 is 4.57 Å². The summed E-state index contributed by atoms with van der Waals surface area (Å²) in [5.41, 5.74) is 4.45. The van der Waals surface area contributed by atoms with E-state index in [2.05, 4.69) is 21.0 Å². The normalized spacial score (nSPS) is 11.1. The first kappa shape index (κ1) is 18.6. The Morgan fingerprint density at radius 2 is 1.79 bits per heavy atom. The second kappa shape index (κ2) is 7.32. The maximum absolute atomic E-state index is 12.3. The zero-order valence-corrected chi connectivity index (χ0v) is 16.2. The summed E-state index contributed by atoms with van der Waals surface area (Å²) in [6.07, 6.45) is 1.57. The molecule has 0 saturated carbocycles. The average molecular weight is 385 g/mol. The topological polar surface area (TPSA) is 104 Å². The van der Waals surface area contributed by atoms with Crippen molar-refractivity contribution in [2.45, 2.75) is 33.2 Å². The maximum atomic E-state index is 12.3. The summed E-state index contributed by atoms with van der Waals surface area (Å²) >= 11 is 0. The smallest absolute Gasteiger partial charge is 0.322 e. The molecule has 0 bridgehead atoms. The van der Waals surface area contributed by atoms with Gasteiger partial charge in [0.25, 0.3) is 5.56 Å². The van der Waals surface area contributed by atoms with E-state index in [0.29, 0.717) is 23.4 Å². The third-order valence-corrected chi connectivity index (χ3v) is 5.15. The lowest BCUT2D eigenvalue weighted by atomic mass is 10.1. The first-order chi connectivity index (χ1) is 14.0. The Balaban J connectivity index is 1.77. The minimum Gasteiger partial charge on any atom is -0.322 e. The summed E-state index contributed by atoms with van der Waals surface area (Å²) in [4.78, 5) is 34.8. The number of hydrogen-bond acceptors (Lipinski definition) is 5. The summed E-state index contributed by atoms with van der Waals surface area (Å²) in [6.45, 7) is 4.59. The number of aromatic amines is 1. The Labute approximate surface area is 166 Å². The molecule has 7 nitrogen and oxygen atoms in total. The molecule has 2 aromatic rings. The first-order valence-electron chi connectivity index (χ1n) is 9.37. The van der Waals surface area contributed by atoms with Crippen molar-refractivity contribution in [3.8, 4) is 17.6 Å². The molecule has 7 heteroatoms. The number of nitrogens with one attached hydrogen (secondary N) is 1. The molecule has 0 radical (unpaired) electrons. The highest BCUT2D eigenvalue weighted by atomic mass is 16.2. The Hall–Kier alpha value is -3.79. The maximum Gasteiger partial charge on any atom is 0.349 e. The zero-order valence-electron chi connectivity index (χ0n) is 16.2. The molecule has 0 fully saturated rings. The highest BCUT2D eigenvalue weighted by Gasteiger charge is 2.19. The van der Waals surface area contributed by atoms with E-state index in [9.17, 15) is 9.59 Å². The minimum atomic E-state index is -0.673. The largest absolute Gasteiger partial charge is 0.349 e. The highest BCUT2D eigenvalue weighted by Crippen LogP contribution is 2.24. The Morgan fingerprint density at radius 1 is 1.07 bits per heavy atom. The van der Waals surface area contributed by atoms with Crippen molar-refractivity contribution in [3.63, 3.8) is 0 Å². The van der Waals surface area contributed by atoms with Crippen LogP contribution in [0.4, 0.5) is 0 Å². The van der Waals surface area contributed by atoms with Crippen molar-refractivity contribution in [1.29, 1.82) is 5.26 Å². The lowest BCUT2D eigenvalue weighted by Gasteiger charge is -2.17. The van der Waals surface area contributed by atoms with Crippen LogP contribution in [0.5, 0.6) is 0 Å². The van der Waals surface area contributed by atoms with E-state index in [4.69, 9.17) is 5.26 Å². The van der Waals surface area contributed by atoms with Crippen LogP contribution in [0, 0.1) is 25.2 Å². The Kier molecular flexibility index (Phi) is 4.69. The van der Waals surface area contributed by atoms with Crippen LogP contribution < -0.4 is 11.2 Å². The van der Waals surface area contributed by atoms with Crippen molar-refractivity contribution >= 4 is 11.0 Å². The van der Waals surface area contributed by atoms with Crippen LogP contribution in [-0.2, 0) is 13.0 Å². The van der Waals surface area contributed by atoms with Gasteiger partial charge in [-0.25, -0.2) is 9.78 Å². The third kappa shape index (κ3) is 3.52. The SMILES string of the molecule is Cc1cc2nc3c(=O)[nH]c(=O)nc-3n(CCCc3ccc(C#N)cc3)c2cc1C. The standard InChI is InChI=1S/C22H19N5O2/c1-13-10-17-18(11-14(13)2)27(20-19(24-17)21(28)26-22(29)25-20)9-3-4-15-5-7-16(12-23)8-6-15/h5-8,10-11H,3-4,9H2,1-2H3,(H,26,28,29). The van der Waals surface area contributed by atoms with Gasteiger partial charge in [0.2, 0.25) is 0 Å². The van der Waals surface area contributed by atoms with Gasteiger partial charge in [-0.3, -0.25) is 9.78 Å². The number of fused-ring (bicyclic) bond motifs is 2. The molecule has 4 rings (SSSR count). The molecule has 2 aromatic carbocycles. The quantitative estimate of drug-likeness (QED) is 0.544. The number of H-pyrrole nitrogens is 1. The summed E-state index contributed by atoms with van der Waals surface area (Å²) in [5.74, 6) is 0.300. The molecule has 0 saturated heterocycles. The number of aryl methyl sites for hydroxylation is 4. The molecule has 1 N–H and O–H groups in total. The molecule has 0 amide bonds. The van der Waals surface area contributed by atoms with Crippen LogP contribution in [0.2, 0.25) is 0 Å². The van der Waals surface area contributed by atoms with E-state index < -0.39 is 11.2 Å². The number of rotatable bonds is 4. The second-order valence-electron chi connectivity index (χ2n) is 7.14. The highest BCUT2D eigenvalue weighted by molar-refractivity contribution is 5.81. The van der Waals surface area contributed by atoms with Gasteiger partial charge in [0.1, 0.15) is 0 Å². The molecule has 0 aromatic heterocycles. The predicted molar refractivity (Wildman–Crippen MR) is 110 cm³/mol. The zero-order chi connectivity index (χ0) is 20.5. The van der Waals surface area contributed by atoms with E-state index in [1.807, 2.05) is 42.7 Å². The van der Waals surface area contributed by atoms with Crippen LogP contribution in [-0.4, -0.2) is 19.5 Å². The van der Waals surface area contributed by atoms with E-state index in [1.165, 1.54) is 0 Å². The van der Waals surface area contributed by atoms with Gasteiger partial charge in [0.15, 0.2) is 11.5 Å². The fraction of sp³-hybridized carbons (Fsp3) is 0.227. The van der Waals surface area contributed by atoms with E-state index >= 15 is 0 Å². The molecule has 2 aliphatic heterocycles. The number of hydrogen-bond donors (Lipinski definition) is 1. The van der Waals surface area contributed by atoms with Crippen molar-refractivity contribution in [1.82, 2.24) is 19.5 Å². The molecule has 0 atom stereocenters. The van der Waals surface area contributed by atoms with Gasteiger partial charge in [-0.2, -0.15) is 10.2 Å². The Bertz CT molecular complexity index is 1340. The summed E-state index contributed by atoms with van der Waals surface area (Å²) < 4.78 is 1.91. The molecule has 0 unspecified atom stereocenters. The first-order valence-corrected chi connectivity index (χ1v) is 9.37. The summed E-state index contributed by atoms with van der Waals surface area (Å²) in [6, 6.07) is 13.6.